The molecule has 33 heavy (non-hydrogen) atoms. The molecule has 0 radical (unpaired) electrons. The van der Waals surface area contributed by atoms with Crippen molar-refractivity contribution < 1.29 is 18.0 Å². The third-order valence-electron chi connectivity index (χ3n) is 5.01. The maximum atomic E-state index is 13.4. The second-order valence-electron chi connectivity index (χ2n) is 7.73. The number of nitrogens with zero attached hydrogens (tertiary/aromatic N) is 2. The van der Waals surface area contributed by atoms with Gasteiger partial charge in [0.1, 0.15) is 12.6 Å². The lowest BCUT2D eigenvalue weighted by atomic mass is 10.1. The highest BCUT2D eigenvalue weighted by molar-refractivity contribution is 7.92. The van der Waals surface area contributed by atoms with Gasteiger partial charge in [-0.1, -0.05) is 66.9 Å². The first-order chi connectivity index (χ1) is 15.5. The summed E-state index contributed by atoms with van der Waals surface area (Å²) >= 11 is 12.1. The molecule has 2 aromatic rings. The Labute approximate surface area is 205 Å². The summed E-state index contributed by atoms with van der Waals surface area (Å²) in [6.07, 6.45) is 2.74. The van der Waals surface area contributed by atoms with Gasteiger partial charge in [0.05, 0.1) is 11.9 Å². The van der Waals surface area contributed by atoms with Gasteiger partial charge in [0.25, 0.3) is 0 Å². The summed E-state index contributed by atoms with van der Waals surface area (Å²) in [5.41, 5.74) is 0.985. The van der Waals surface area contributed by atoms with E-state index in [4.69, 9.17) is 23.2 Å². The molecule has 2 aromatic carbocycles. The second-order valence-corrected chi connectivity index (χ2v) is 10.5. The molecule has 1 atom stereocenters. The van der Waals surface area contributed by atoms with Gasteiger partial charge in [0.2, 0.25) is 21.8 Å². The number of carbonyl (C=O) groups is 2. The van der Waals surface area contributed by atoms with Crippen molar-refractivity contribution >= 4 is 50.7 Å². The van der Waals surface area contributed by atoms with Gasteiger partial charge < -0.3 is 10.2 Å². The van der Waals surface area contributed by atoms with Crippen LogP contribution in [0.5, 0.6) is 0 Å². The molecule has 2 amide bonds. The van der Waals surface area contributed by atoms with E-state index in [1.54, 1.807) is 6.92 Å². The molecule has 1 N–H and O–H groups in total. The molecule has 2 rings (SSSR count). The summed E-state index contributed by atoms with van der Waals surface area (Å²) in [6, 6.07) is 12.7. The Morgan fingerprint density at radius 1 is 1.06 bits per heavy atom. The quantitative estimate of drug-likeness (QED) is 0.458. The summed E-state index contributed by atoms with van der Waals surface area (Å²) in [6.45, 7) is 3.79. The third kappa shape index (κ3) is 8.21. The van der Waals surface area contributed by atoms with Gasteiger partial charge in [-0.25, -0.2) is 8.42 Å². The van der Waals surface area contributed by atoms with Crippen LogP contribution in [-0.4, -0.2) is 50.5 Å². The van der Waals surface area contributed by atoms with Gasteiger partial charge in [-0.3, -0.25) is 13.9 Å². The normalized spacial score (nSPS) is 12.2. The SMILES string of the molecule is CCCCNC(=O)[C@@H](C)N(Cc1ccccc1)C(=O)CN(c1cc(Cl)cc(Cl)c1)S(C)(=O)=O. The van der Waals surface area contributed by atoms with Gasteiger partial charge in [-0.05, 0) is 37.1 Å². The average molecular weight is 514 g/mol. The second kappa shape index (κ2) is 12.3. The minimum absolute atomic E-state index is 0.149. The molecule has 0 heterocycles. The van der Waals surface area contributed by atoms with Crippen molar-refractivity contribution in [1.82, 2.24) is 10.2 Å². The van der Waals surface area contributed by atoms with E-state index in [9.17, 15) is 18.0 Å². The van der Waals surface area contributed by atoms with Crippen LogP contribution in [0.1, 0.15) is 32.3 Å². The summed E-state index contributed by atoms with van der Waals surface area (Å²) in [5.74, 6) is -0.831. The Kier molecular flexibility index (Phi) is 10.0. The fourth-order valence-corrected chi connectivity index (χ4v) is 4.54. The van der Waals surface area contributed by atoms with Crippen molar-refractivity contribution in [3.63, 3.8) is 0 Å². The van der Waals surface area contributed by atoms with Crippen molar-refractivity contribution in [2.75, 3.05) is 23.7 Å². The Morgan fingerprint density at radius 3 is 2.21 bits per heavy atom. The number of sulfonamides is 1. The first kappa shape index (κ1) is 27.0. The molecule has 0 saturated carbocycles. The first-order valence-electron chi connectivity index (χ1n) is 10.6. The highest BCUT2D eigenvalue weighted by Gasteiger charge is 2.30. The molecule has 10 heteroatoms. The molecule has 0 unspecified atom stereocenters. The van der Waals surface area contributed by atoms with Crippen molar-refractivity contribution in [2.24, 2.45) is 0 Å². The van der Waals surface area contributed by atoms with E-state index in [2.05, 4.69) is 5.32 Å². The minimum Gasteiger partial charge on any atom is -0.354 e. The van der Waals surface area contributed by atoms with Gasteiger partial charge in [0, 0.05) is 23.1 Å². The number of halogens is 2. The number of anilines is 1. The van der Waals surface area contributed by atoms with E-state index >= 15 is 0 Å². The maximum absolute atomic E-state index is 13.4. The average Bonchev–Trinajstić information content (AvgIpc) is 2.74. The number of rotatable bonds is 11. The van der Waals surface area contributed by atoms with Crippen LogP contribution in [0, 0.1) is 0 Å². The van der Waals surface area contributed by atoms with Crippen LogP contribution in [0.25, 0.3) is 0 Å². The van der Waals surface area contributed by atoms with Crippen molar-refractivity contribution in [2.45, 2.75) is 39.3 Å². The van der Waals surface area contributed by atoms with Gasteiger partial charge in [-0.2, -0.15) is 0 Å². The van der Waals surface area contributed by atoms with E-state index < -0.39 is 28.5 Å². The third-order valence-corrected chi connectivity index (χ3v) is 6.58. The maximum Gasteiger partial charge on any atom is 0.244 e. The number of hydrogen-bond acceptors (Lipinski definition) is 4. The lowest BCUT2D eigenvalue weighted by molar-refractivity contribution is -0.139. The molecule has 0 aliphatic carbocycles. The topological polar surface area (TPSA) is 86.8 Å². The van der Waals surface area contributed by atoms with E-state index in [0.717, 1.165) is 29.0 Å². The summed E-state index contributed by atoms with van der Waals surface area (Å²) < 4.78 is 26.0. The molecular weight excluding hydrogens is 485 g/mol. The number of amides is 2. The molecule has 0 aliphatic heterocycles. The minimum atomic E-state index is -3.85. The van der Waals surface area contributed by atoms with E-state index in [0.29, 0.717) is 6.54 Å². The molecule has 0 saturated heterocycles. The highest BCUT2D eigenvalue weighted by atomic mass is 35.5. The molecule has 180 valence electrons. The predicted molar refractivity (Wildman–Crippen MR) is 133 cm³/mol. The standard InChI is InChI=1S/C23H29Cl2N3O4S/c1-4-5-11-26-23(30)17(2)27(15-18-9-7-6-8-10-18)22(29)16-28(33(3,31)32)21-13-19(24)12-20(25)14-21/h6-10,12-14,17H,4-5,11,15-16H2,1-3H3,(H,26,30)/t17-/m1/s1. The molecule has 0 aliphatic rings. The smallest absolute Gasteiger partial charge is 0.244 e. The Bertz CT molecular complexity index is 1040. The first-order valence-corrected chi connectivity index (χ1v) is 13.2. The van der Waals surface area contributed by atoms with Gasteiger partial charge in [-0.15, -0.1) is 0 Å². The lowest BCUT2D eigenvalue weighted by Crippen LogP contribution is -2.51. The van der Waals surface area contributed by atoms with E-state index in [-0.39, 0.29) is 28.2 Å². The van der Waals surface area contributed by atoms with Crippen molar-refractivity contribution in [3.8, 4) is 0 Å². The Balaban J connectivity index is 2.35. The fourth-order valence-electron chi connectivity index (χ4n) is 3.20. The van der Waals surface area contributed by atoms with Crippen LogP contribution in [0.15, 0.2) is 48.5 Å². The fraction of sp³-hybridized carbons (Fsp3) is 0.391. The van der Waals surface area contributed by atoms with Gasteiger partial charge >= 0.3 is 0 Å². The molecule has 0 fully saturated rings. The largest absolute Gasteiger partial charge is 0.354 e. The van der Waals surface area contributed by atoms with E-state index in [1.165, 1.54) is 23.1 Å². The van der Waals surface area contributed by atoms with Crippen LogP contribution in [-0.2, 0) is 26.2 Å². The summed E-state index contributed by atoms with van der Waals surface area (Å²) in [5, 5.41) is 3.31. The van der Waals surface area contributed by atoms with Gasteiger partial charge in [0.15, 0.2) is 0 Å². The molecule has 0 spiro atoms. The monoisotopic (exact) mass is 513 g/mol. The van der Waals surface area contributed by atoms with Crippen molar-refractivity contribution in [1.29, 1.82) is 0 Å². The molecule has 0 aromatic heterocycles. The molecular formula is C23H29Cl2N3O4S. The van der Waals surface area contributed by atoms with Crippen LogP contribution >= 0.6 is 23.2 Å². The summed E-state index contributed by atoms with van der Waals surface area (Å²) in [7, 11) is -3.85. The summed E-state index contributed by atoms with van der Waals surface area (Å²) in [4.78, 5) is 27.5. The molecule has 7 nitrogen and oxygen atoms in total. The Morgan fingerprint density at radius 2 is 1.67 bits per heavy atom. The van der Waals surface area contributed by atoms with Crippen molar-refractivity contribution in [3.05, 3.63) is 64.1 Å². The van der Waals surface area contributed by atoms with Crippen LogP contribution in [0.4, 0.5) is 5.69 Å². The number of unbranched alkanes of at least 4 members (excludes halogenated alkanes) is 1. The zero-order valence-corrected chi connectivity index (χ0v) is 21.3. The van der Waals surface area contributed by atoms with Crippen LogP contribution in [0.3, 0.4) is 0 Å². The number of benzene rings is 2. The number of nitrogens with one attached hydrogen (secondary N) is 1. The van der Waals surface area contributed by atoms with Crippen LogP contribution in [0.2, 0.25) is 10.0 Å². The molecule has 0 bridgehead atoms. The predicted octanol–water partition coefficient (Wildman–Crippen LogP) is 4.09. The zero-order valence-electron chi connectivity index (χ0n) is 18.9. The zero-order chi connectivity index (χ0) is 24.6. The Hall–Kier alpha value is -2.29. The van der Waals surface area contributed by atoms with Crippen LogP contribution < -0.4 is 9.62 Å². The number of carbonyl (C=O) groups excluding carboxylic acids is 2. The lowest BCUT2D eigenvalue weighted by Gasteiger charge is -2.31. The van der Waals surface area contributed by atoms with E-state index in [1.807, 2.05) is 37.3 Å². The highest BCUT2D eigenvalue weighted by Crippen LogP contribution is 2.27. The number of hydrogen-bond donors (Lipinski definition) is 1.